The van der Waals surface area contributed by atoms with E-state index in [0.29, 0.717) is 19.1 Å². The molecule has 0 unspecified atom stereocenters. The van der Waals surface area contributed by atoms with Gasteiger partial charge in [-0.15, -0.1) is 0 Å². The van der Waals surface area contributed by atoms with Crippen LogP contribution in [0.25, 0.3) is 0 Å². The van der Waals surface area contributed by atoms with E-state index in [4.69, 9.17) is 19.2 Å². The van der Waals surface area contributed by atoms with Gasteiger partial charge in [-0.3, -0.25) is 4.98 Å². The maximum atomic E-state index is 6.10. The second-order valence-electron chi connectivity index (χ2n) is 8.29. The molecule has 0 atom stereocenters. The molecule has 0 amide bonds. The lowest BCUT2D eigenvalue weighted by Crippen LogP contribution is -2.02. The predicted molar refractivity (Wildman–Crippen MR) is 132 cm³/mol. The number of ether oxygens (including phenoxy) is 3. The highest BCUT2D eigenvalue weighted by Gasteiger charge is 2.07. The lowest BCUT2D eigenvalue weighted by molar-refractivity contribution is 0.279. The topological polar surface area (TPSA) is 53.5 Å². The van der Waals surface area contributed by atoms with Gasteiger partial charge in [-0.05, 0) is 36.6 Å². The summed E-state index contributed by atoms with van der Waals surface area (Å²) in [6.07, 6.45) is 13.4. The van der Waals surface area contributed by atoms with Gasteiger partial charge in [0.1, 0.15) is 24.7 Å². The summed E-state index contributed by atoms with van der Waals surface area (Å²) in [4.78, 5) is 8.88. The summed E-state index contributed by atoms with van der Waals surface area (Å²) < 4.78 is 17.3. The van der Waals surface area contributed by atoms with Crippen LogP contribution in [0, 0.1) is 0 Å². The quantitative estimate of drug-likeness (QED) is 0.236. The number of benzene rings is 1. The second kappa shape index (κ2) is 14.1. The van der Waals surface area contributed by atoms with Crippen molar-refractivity contribution in [2.45, 2.75) is 71.5 Å². The lowest BCUT2D eigenvalue weighted by atomic mass is 10.1. The van der Waals surface area contributed by atoms with E-state index in [1.165, 1.54) is 38.5 Å². The van der Waals surface area contributed by atoms with E-state index in [2.05, 4.69) is 11.9 Å². The maximum absolute atomic E-state index is 6.10. The van der Waals surface area contributed by atoms with Crippen LogP contribution in [0.15, 0.2) is 60.9 Å². The summed E-state index contributed by atoms with van der Waals surface area (Å²) in [6.45, 7) is 3.16. The fraction of sp³-hybridized carbons (Fsp3) is 0.429. The molecular formula is C28H36N2O3. The molecule has 0 aliphatic rings. The van der Waals surface area contributed by atoms with E-state index < -0.39 is 0 Å². The monoisotopic (exact) mass is 448 g/mol. The summed E-state index contributed by atoms with van der Waals surface area (Å²) in [5.74, 6) is 2.20. The molecule has 0 aliphatic heterocycles. The van der Waals surface area contributed by atoms with Crippen LogP contribution in [0.2, 0.25) is 0 Å². The molecule has 2 aromatic heterocycles. The van der Waals surface area contributed by atoms with Crippen LogP contribution in [0.3, 0.4) is 0 Å². The van der Waals surface area contributed by atoms with Crippen molar-refractivity contribution < 1.29 is 14.2 Å². The third-order valence-corrected chi connectivity index (χ3v) is 5.54. The molecule has 3 rings (SSSR count). The normalized spacial score (nSPS) is 10.7. The molecule has 0 fully saturated rings. The average Bonchev–Trinajstić information content (AvgIpc) is 2.86. The average molecular weight is 449 g/mol. The zero-order valence-corrected chi connectivity index (χ0v) is 20.0. The molecule has 33 heavy (non-hydrogen) atoms. The largest absolute Gasteiger partial charge is 0.497 e. The number of aromatic nitrogens is 2. The molecule has 0 aliphatic carbocycles. The van der Waals surface area contributed by atoms with Crippen molar-refractivity contribution >= 4 is 0 Å². The van der Waals surface area contributed by atoms with E-state index in [1.807, 2.05) is 54.7 Å². The Morgan fingerprint density at radius 2 is 1.52 bits per heavy atom. The van der Waals surface area contributed by atoms with Crippen LogP contribution in [0.5, 0.6) is 17.4 Å². The van der Waals surface area contributed by atoms with E-state index in [-0.39, 0.29) is 0 Å². The van der Waals surface area contributed by atoms with E-state index >= 15 is 0 Å². The van der Waals surface area contributed by atoms with Crippen LogP contribution in [-0.4, -0.2) is 17.1 Å². The highest BCUT2D eigenvalue weighted by molar-refractivity contribution is 5.32. The number of rotatable bonds is 15. The van der Waals surface area contributed by atoms with Crippen molar-refractivity contribution in [1.82, 2.24) is 9.97 Å². The minimum atomic E-state index is 0.430. The number of nitrogens with zero attached hydrogens (tertiary/aromatic N) is 2. The first-order valence-electron chi connectivity index (χ1n) is 12.0. The van der Waals surface area contributed by atoms with Crippen LogP contribution in [-0.2, 0) is 19.6 Å². The summed E-state index contributed by atoms with van der Waals surface area (Å²) in [7, 11) is 1.67. The molecule has 3 aromatic rings. The van der Waals surface area contributed by atoms with Crippen molar-refractivity contribution in [3.05, 3.63) is 77.7 Å². The minimum absolute atomic E-state index is 0.430. The summed E-state index contributed by atoms with van der Waals surface area (Å²) in [6, 6.07) is 15.7. The van der Waals surface area contributed by atoms with Gasteiger partial charge in [0, 0.05) is 35.8 Å². The fourth-order valence-corrected chi connectivity index (χ4v) is 3.61. The molecular weight excluding hydrogens is 412 g/mol. The summed E-state index contributed by atoms with van der Waals surface area (Å²) in [5, 5.41) is 0. The Hall–Kier alpha value is -3.08. The van der Waals surface area contributed by atoms with Crippen LogP contribution in [0.4, 0.5) is 0 Å². The van der Waals surface area contributed by atoms with E-state index in [0.717, 1.165) is 41.2 Å². The predicted octanol–water partition coefficient (Wildman–Crippen LogP) is 6.94. The first kappa shape index (κ1) is 24.6. The Bertz CT molecular complexity index is 930. The molecule has 0 radical (unpaired) electrons. The van der Waals surface area contributed by atoms with Crippen molar-refractivity contribution in [3.63, 3.8) is 0 Å². The zero-order chi connectivity index (χ0) is 23.1. The molecule has 0 spiro atoms. The molecule has 0 N–H and O–H groups in total. The first-order valence-corrected chi connectivity index (χ1v) is 12.0. The molecule has 5 nitrogen and oxygen atoms in total. The summed E-state index contributed by atoms with van der Waals surface area (Å²) in [5.41, 5.74) is 3.11. The Balaban J connectivity index is 1.60. The highest BCUT2D eigenvalue weighted by Crippen LogP contribution is 2.23. The van der Waals surface area contributed by atoms with Crippen molar-refractivity contribution in [2.75, 3.05) is 7.11 Å². The van der Waals surface area contributed by atoms with E-state index in [1.54, 1.807) is 13.3 Å². The summed E-state index contributed by atoms with van der Waals surface area (Å²) >= 11 is 0. The van der Waals surface area contributed by atoms with Gasteiger partial charge in [-0.2, -0.15) is 0 Å². The maximum Gasteiger partial charge on any atom is 0.217 e. The number of hydrogen-bond acceptors (Lipinski definition) is 5. The molecule has 176 valence electrons. The molecule has 1 aromatic carbocycles. The molecule has 0 saturated carbocycles. The Morgan fingerprint density at radius 3 is 2.24 bits per heavy atom. The number of unbranched alkanes of at least 4 members (excludes halogenated alkanes) is 6. The lowest BCUT2D eigenvalue weighted by Gasteiger charge is -2.12. The van der Waals surface area contributed by atoms with Crippen molar-refractivity contribution in [1.29, 1.82) is 0 Å². The van der Waals surface area contributed by atoms with Gasteiger partial charge in [0.15, 0.2) is 0 Å². The van der Waals surface area contributed by atoms with Crippen LogP contribution >= 0.6 is 0 Å². The first-order chi connectivity index (χ1) is 16.3. The Kier molecular flexibility index (Phi) is 10.5. The van der Waals surface area contributed by atoms with Gasteiger partial charge in [0.25, 0.3) is 0 Å². The SMILES string of the molecule is CCCCCCCCCc1cc(OCc2ccc(OC)cc2)cc(OCc2cccnc2)n1. The zero-order valence-electron chi connectivity index (χ0n) is 20.0. The van der Waals surface area contributed by atoms with Gasteiger partial charge in [-0.25, -0.2) is 4.98 Å². The third-order valence-electron chi connectivity index (χ3n) is 5.54. The number of pyridine rings is 2. The van der Waals surface area contributed by atoms with Gasteiger partial charge in [-0.1, -0.05) is 63.6 Å². The van der Waals surface area contributed by atoms with Gasteiger partial charge in [0.05, 0.1) is 7.11 Å². The standard InChI is InChI=1S/C28H36N2O3/c1-3-4-5-6-7-8-9-12-25-18-27(32-21-23-13-15-26(31-2)16-14-23)19-28(30-25)33-22-24-11-10-17-29-20-24/h10-11,13-20H,3-9,12,21-22H2,1-2H3. The number of methoxy groups -OCH3 is 1. The van der Waals surface area contributed by atoms with Crippen LogP contribution < -0.4 is 14.2 Å². The van der Waals surface area contributed by atoms with Gasteiger partial charge >= 0.3 is 0 Å². The smallest absolute Gasteiger partial charge is 0.217 e. The highest BCUT2D eigenvalue weighted by atomic mass is 16.5. The van der Waals surface area contributed by atoms with Crippen LogP contribution in [0.1, 0.15) is 68.7 Å². The Morgan fingerprint density at radius 1 is 0.758 bits per heavy atom. The molecule has 2 heterocycles. The van der Waals surface area contributed by atoms with Crippen molar-refractivity contribution in [3.8, 4) is 17.4 Å². The molecule has 0 saturated heterocycles. The minimum Gasteiger partial charge on any atom is -0.497 e. The fourth-order valence-electron chi connectivity index (χ4n) is 3.61. The number of hydrogen-bond donors (Lipinski definition) is 0. The van der Waals surface area contributed by atoms with Crippen molar-refractivity contribution in [2.24, 2.45) is 0 Å². The van der Waals surface area contributed by atoms with Gasteiger partial charge < -0.3 is 14.2 Å². The molecule has 5 heteroatoms. The van der Waals surface area contributed by atoms with Gasteiger partial charge in [0.2, 0.25) is 5.88 Å². The second-order valence-corrected chi connectivity index (χ2v) is 8.29. The molecule has 0 bridgehead atoms. The number of aryl methyl sites for hydroxylation is 1. The third kappa shape index (κ3) is 9.13. The van der Waals surface area contributed by atoms with E-state index in [9.17, 15) is 0 Å². The Labute approximate surface area is 198 Å².